The lowest BCUT2D eigenvalue weighted by Crippen LogP contribution is -1.86. The summed E-state index contributed by atoms with van der Waals surface area (Å²) in [4.78, 5) is 21.1. The zero-order valence-corrected chi connectivity index (χ0v) is 15.1. The zero-order valence-electron chi connectivity index (χ0n) is 15.1. The van der Waals surface area contributed by atoms with Gasteiger partial charge < -0.3 is 15.7 Å². The van der Waals surface area contributed by atoms with E-state index in [1.165, 1.54) is 0 Å². The number of hydrogen-bond acceptors (Lipinski definition) is 4. The van der Waals surface area contributed by atoms with Crippen LogP contribution in [-0.2, 0) is 0 Å². The fourth-order valence-electron chi connectivity index (χ4n) is 4.11. The summed E-state index contributed by atoms with van der Waals surface area (Å²) in [5.41, 5.74) is 13.5. The molecule has 0 bridgehead atoms. The molecular weight excluding hydrogens is 348 g/mol. The molecule has 0 saturated heterocycles. The van der Waals surface area contributed by atoms with E-state index in [0.29, 0.717) is 0 Å². The summed E-state index contributed by atoms with van der Waals surface area (Å²) < 4.78 is 0. The fourth-order valence-corrected chi connectivity index (χ4v) is 4.11. The van der Waals surface area contributed by atoms with E-state index < -0.39 is 0 Å². The van der Waals surface area contributed by atoms with Crippen LogP contribution < -0.4 is 5.73 Å². The Bertz CT molecular complexity index is 1470. The summed E-state index contributed by atoms with van der Waals surface area (Å²) >= 11 is 0. The molecule has 0 saturated carbocycles. The molecule has 2 aromatic carbocycles. The molecule has 6 heteroatoms. The lowest BCUT2D eigenvalue weighted by molar-refractivity contribution is 1.26. The molecule has 0 unspecified atom stereocenters. The van der Waals surface area contributed by atoms with Gasteiger partial charge in [-0.1, -0.05) is 0 Å². The standard InChI is InChI=1S/C22H16N6/c1-11-17(15-10-12(23)6-7-16(15)26-11)22-27-20-13-4-2-8-24-18(13)19-14(21(20)28-22)5-3-9-25-19/h2-10,26H,23H2,1H3,(H,27,28). The number of benzene rings is 2. The molecule has 4 N–H and O–H groups in total. The molecule has 4 heterocycles. The van der Waals surface area contributed by atoms with Gasteiger partial charge in [0.05, 0.1) is 22.1 Å². The topological polar surface area (TPSA) is 96.3 Å². The van der Waals surface area contributed by atoms with Gasteiger partial charge in [0.2, 0.25) is 0 Å². The molecule has 0 amide bonds. The number of rotatable bonds is 1. The highest BCUT2D eigenvalue weighted by Crippen LogP contribution is 2.36. The average molecular weight is 364 g/mol. The van der Waals surface area contributed by atoms with Crippen LogP contribution in [-0.4, -0.2) is 24.9 Å². The first kappa shape index (κ1) is 15.2. The number of nitrogens with two attached hydrogens (primary N) is 1. The minimum absolute atomic E-state index is 0.730. The number of aromatic amines is 2. The summed E-state index contributed by atoms with van der Waals surface area (Å²) in [7, 11) is 0. The highest BCUT2D eigenvalue weighted by molar-refractivity contribution is 6.21. The van der Waals surface area contributed by atoms with Crippen molar-refractivity contribution in [3.8, 4) is 11.4 Å². The zero-order chi connectivity index (χ0) is 18.8. The van der Waals surface area contributed by atoms with Crippen LogP contribution in [0.2, 0.25) is 0 Å². The molecule has 0 fully saturated rings. The number of pyridine rings is 2. The average Bonchev–Trinajstić information content (AvgIpc) is 3.28. The second-order valence-electron chi connectivity index (χ2n) is 7.04. The van der Waals surface area contributed by atoms with Gasteiger partial charge in [0.25, 0.3) is 0 Å². The molecule has 28 heavy (non-hydrogen) atoms. The van der Waals surface area contributed by atoms with Crippen LogP contribution in [0.5, 0.6) is 0 Å². The van der Waals surface area contributed by atoms with Crippen molar-refractivity contribution in [2.24, 2.45) is 0 Å². The van der Waals surface area contributed by atoms with E-state index in [1.54, 1.807) is 12.4 Å². The van der Waals surface area contributed by atoms with Gasteiger partial charge in [-0.3, -0.25) is 9.97 Å². The molecule has 0 atom stereocenters. The Morgan fingerprint density at radius 1 is 0.821 bits per heavy atom. The summed E-state index contributed by atoms with van der Waals surface area (Å²) in [5, 5.41) is 3.06. The number of aryl methyl sites for hydroxylation is 1. The third-order valence-electron chi connectivity index (χ3n) is 5.31. The normalized spacial score (nSPS) is 11.9. The monoisotopic (exact) mass is 364 g/mol. The maximum absolute atomic E-state index is 6.04. The smallest absolute Gasteiger partial charge is 0.140 e. The van der Waals surface area contributed by atoms with Crippen molar-refractivity contribution in [3.63, 3.8) is 0 Å². The van der Waals surface area contributed by atoms with E-state index in [1.807, 2.05) is 36.4 Å². The lowest BCUT2D eigenvalue weighted by atomic mass is 10.1. The van der Waals surface area contributed by atoms with Crippen LogP contribution in [0, 0.1) is 6.92 Å². The largest absolute Gasteiger partial charge is 0.399 e. The minimum atomic E-state index is 0.730. The van der Waals surface area contributed by atoms with Crippen molar-refractivity contribution in [2.75, 3.05) is 5.73 Å². The number of nitrogens with one attached hydrogen (secondary N) is 2. The second-order valence-corrected chi connectivity index (χ2v) is 7.04. The number of aromatic nitrogens is 5. The molecule has 6 rings (SSSR count). The van der Waals surface area contributed by atoms with Crippen molar-refractivity contribution in [1.82, 2.24) is 24.9 Å². The highest BCUT2D eigenvalue weighted by atomic mass is 14.9. The van der Waals surface area contributed by atoms with E-state index in [9.17, 15) is 0 Å². The molecule has 0 aliphatic heterocycles. The van der Waals surface area contributed by atoms with Gasteiger partial charge in [-0.2, -0.15) is 0 Å². The van der Waals surface area contributed by atoms with Crippen LogP contribution in [0.25, 0.3) is 55.1 Å². The molecule has 6 aromatic rings. The maximum atomic E-state index is 6.04. The molecule has 134 valence electrons. The summed E-state index contributed by atoms with van der Waals surface area (Å²) in [6.45, 7) is 2.05. The Kier molecular flexibility index (Phi) is 2.87. The molecule has 6 nitrogen and oxygen atoms in total. The molecular formula is C22H16N6. The maximum Gasteiger partial charge on any atom is 0.140 e. The minimum Gasteiger partial charge on any atom is -0.399 e. The number of anilines is 1. The van der Waals surface area contributed by atoms with Gasteiger partial charge >= 0.3 is 0 Å². The van der Waals surface area contributed by atoms with Gasteiger partial charge in [0.1, 0.15) is 5.82 Å². The van der Waals surface area contributed by atoms with E-state index in [0.717, 1.165) is 66.5 Å². The van der Waals surface area contributed by atoms with Crippen LogP contribution in [0.1, 0.15) is 5.69 Å². The first-order valence-corrected chi connectivity index (χ1v) is 9.10. The number of hydrogen-bond donors (Lipinski definition) is 3. The van der Waals surface area contributed by atoms with Crippen molar-refractivity contribution in [3.05, 3.63) is 60.6 Å². The van der Waals surface area contributed by atoms with Gasteiger partial charge in [0.15, 0.2) is 0 Å². The molecule has 0 spiro atoms. The first-order valence-electron chi connectivity index (χ1n) is 9.10. The Morgan fingerprint density at radius 3 is 2.39 bits per heavy atom. The van der Waals surface area contributed by atoms with Crippen molar-refractivity contribution < 1.29 is 0 Å². The molecule has 0 radical (unpaired) electrons. The van der Waals surface area contributed by atoms with Gasteiger partial charge in [-0.05, 0) is 49.4 Å². The Balaban J connectivity index is 1.78. The van der Waals surface area contributed by atoms with E-state index in [2.05, 4.69) is 32.9 Å². The van der Waals surface area contributed by atoms with E-state index in [4.69, 9.17) is 10.7 Å². The van der Waals surface area contributed by atoms with E-state index in [-0.39, 0.29) is 0 Å². The third-order valence-corrected chi connectivity index (χ3v) is 5.31. The van der Waals surface area contributed by atoms with Gasteiger partial charge in [-0.25, -0.2) is 4.98 Å². The fraction of sp³-hybridized carbons (Fsp3) is 0.0455. The molecule has 4 aromatic heterocycles. The Labute approximate surface area is 159 Å². The van der Waals surface area contributed by atoms with Crippen molar-refractivity contribution >= 4 is 49.4 Å². The van der Waals surface area contributed by atoms with E-state index >= 15 is 0 Å². The Morgan fingerprint density at radius 2 is 1.57 bits per heavy atom. The first-order chi connectivity index (χ1) is 13.7. The number of fused-ring (bicyclic) bond motifs is 7. The van der Waals surface area contributed by atoms with Crippen LogP contribution in [0.3, 0.4) is 0 Å². The quantitative estimate of drug-likeness (QED) is 0.291. The third kappa shape index (κ3) is 1.94. The van der Waals surface area contributed by atoms with Crippen LogP contribution in [0.15, 0.2) is 54.9 Å². The number of imidazole rings is 1. The van der Waals surface area contributed by atoms with Gasteiger partial charge in [-0.15, -0.1) is 0 Å². The van der Waals surface area contributed by atoms with Crippen LogP contribution in [0.4, 0.5) is 5.69 Å². The lowest BCUT2D eigenvalue weighted by Gasteiger charge is -2.03. The predicted octanol–water partition coefficient (Wildman–Crippen LogP) is 4.70. The SMILES string of the molecule is Cc1[nH]c2ccc(N)cc2c1-c1nc2c3cccnc3c3ncccc3c2[nH]1. The Hall–Kier alpha value is -3.93. The summed E-state index contributed by atoms with van der Waals surface area (Å²) in [5.74, 6) is 0.811. The molecule has 0 aliphatic rings. The second kappa shape index (κ2) is 5.29. The number of H-pyrrole nitrogens is 2. The van der Waals surface area contributed by atoms with Crippen molar-refractivity contribution in [1.29, 1.82) is 0 Å². The van der Waals surface area contributed by atoms with Gasteiger partial charge in [0, 0.05) is 51.0 Å². The number of nitrogen functional groups attached to an aromatic ring is 1. The van der Waals surface area contributed by atoms with Crippen LogP contribution >= 0.6 is 0 Å². The van der Waals surface area contributed by atoms with Crippen molar-refractivity contribution in [2.45, 2.75) is 6.92 Å². The predicted molar refractivity (Wildman–Crippen MR) is 113 cm³/mol. The number of nitrogens with zero attached hydrogens (tertiary/aromatic N) is 3. The highest BCUT2D eigenvalue weighted by Gasteiger charge is 2.18. The summed E-state index contributed by atoms with van der Waals surface area (Å²) in [6.07, 6.45) is 3.59. The summed E-state index contributed by atoms with van der Waals surface area (Å²) in [6, 6.07) is 13.9. The molecule has 0 aliphatic carbocycles.